The lowest BCUT2D eigenvalue weighted by atomic mass is 10.0. The van der Waals surface area contributed by atoms with Crippen molar-refractivity contribution in [3.8, 4) is 5.75 Å². The van der Waals surface area contributed by atoms with E-state index in [2.05, 4.69) is 10.6 Å². The van der Waals surface area contributed by atoms with E-state index in [0.717, 1.165) is 37.4 Å². The number of para-hydroxylation sites is 1. The largest absolute Gasteiger partial charge is 0.493 e. The second kappa shape index (κ2) is 6.13. The first-order chi connectivity index (χ1) is 9.83. The number of nitrogens with one attached hydrogen (secondary N) is 2. The maximum Gasteiger partial charge on any atom is 0.315 e. The van der Waals surface area contributed by atoms with Crippen LogP contribution in [0.3, 0.4) is 0 Å². The van der Waals surface area contributed by atoms with Crippen LogP contribution >= 0.6 is 0 Å². The van der Waals surface area contributed by atoms with Crippen LogP contribution in [0.5, 0.6) is 5.75 Å². The molecule has 20 heavy (non-hydrogen) atoms. The van der Waals surface area contributed by atoms with E-state index >= 15 is 0 Å². The zero-order chi connectivity index (χ0) is 13.8. The van der Waals surface area contributed by atoms with Crippen LogP contribution in [0.25, 0.3) is 0 Å². The Labute approximate surface area is 118 Å². The van der Waals surface area contributed by atoms with E-state index in [0.29, 0.717) is 19.1 Å². The highest BCUT2D eigenvalue weighted by molar-refractivity contribution is 5.74. The van der Waals surface area contributed by atoms with Gasteiger partial charge in [-0.15, -0.1) is 0 Å². The van der Waals surface area contributed by atoms with E-state index in [1.165, 1.54) is 0 Å². The number of hydrogen-bond acceptors (Lipinski definition) is 3. The van der Waals surface area contributed by atoms with Gasteiger partial charge in [-0.1, -0.05) is 18.2 Å². The summed E-state index contributed by atoms with van der Waals surface area (Å²) in [5, 5.41) is 5.96. The summed E-state index contributed by atoms with van der Waals surface area (Å²) in [7, 11) is 0. The lowest BCUT2D eigenvalue weighted by Gasteiger charge is -2.26. The molecule has 2 aliphatic rings. The molecule has 2 N–H and O–H groups in total. The van der Waals surface area contributed by atoms with Gasteiger partial charge in [-0.3, -0.25) is 0 Å². The van der Waals surface area contributed by atoms with Gasteiger partial charge in [-0.25, -0.2) is 4.79 Å². The molecule has 1 fully saturated rings. The first kappa shape index (κ1) is 13.2. The zero-order valence-corrected chi connectivity index (χ0v) is 11.4. The van der Waals surface area contributed by atoms with Crippen molar-refractivity contribution in [2.45, 2.75) is 18.9 Å². The van der Waals surface area contributed by atoms with Gasteiger partial charge in [0.25, 0.3) is 0 Å². The Morgan fingerprint density at radius 1 is 1.25 bits per heavy atom. The topological polar surface area (TPSA) is 59.6 Å². The summed E-state index contributed by atoms with van der Waals surface area (Å²) in [6.07, 6.45) is 1.83. The maximum absolute atomic E-state index is 12.0. The highest BCUT2D eigenvalue weighted by Crippen LogP contribution is 2.31. The monoisotopic (exact) mass is 276 g/mol. The Hall–Kier alpha value is -1.75. The van der Waals surface area contributed by atoms with Crippen molar-refractivity contribution < 1.29 is 14.3 Å². The summed E-state index contributed by atoms with van der Waals surface area (Å²) in [6, 6.07) is 7.77. The first-order valence-corrected chi connectivity index (χ1v) is 7.17. The minimum absolute atomic E-state index is 0.0276. The Kier molecular flexibility index (Phi) is 4.06. The second-order valence-electron chi connectivity index (χ2n) is 5.31. The van der Waals surface area contributed by atoms with Crippen molar-refractivity contribution in [3.63, 3.8) is 0 Å². The molecule has 1 saturated heterocycles. The Morgan fingerprint density at radius 3 is 3.00 bits per heavy atom. The quantitative estimate of drug-likeness (QED) is 0.885. The molecule has 0 radical (unpaired) electrons. The Morgan fingerprint density at radius 2 is 2.15 bits per heavy atom. The predicted molar refractivity (Wildman–Crippen MR) is 74.8 cm³/mol. The smallest absolute Gasteiger partial charge is 0.315 e. The fourth-order valence-corrected chi connectivity index (χ4v) is 2.68. The minimum Gasteiger partial charge on any atom is -0.493 e. The molecule has 0 saturated carbocycles. The lowest BCUT2D eigenvalue weighted by Crippen LogP contribution is -2.41. The van der Waals surface area contributed by atoms with Gasteiger partial charge in [0.1, 0.15) is 5.75 Å². The van der Waals surface area contributed by atoms with Gasteiger partial charge in [0.15, 0.2) is 0 Å². The van der Waals surface area contributed by atoms with Gasteiger partial charge in [-0.05, 0) is 12.5 Å². The number of hydrogen-bond donors (Lipinski definition) is 2. The third-order valence-electron chi connectivity index (χ3n) is 3.84. The van der Waals surface area contributed by atoms with E-state index in [4.69, 9.17) is 9.47 Å². The van der Waals surface area contributed by atoms with Crippen LogP contribution in [-0.2, 0) is 4.74 Å². The van der Waals surface area contributed by atoms with E-state index in [-0.39, 0.29) is 12.1 Å². The Balaban J connectivity index is 1.54. The molecule has 1 aromatic rings. The van der Waals surface area contributed by atoms with Crippen molar-refractivity contribution in [2.24, 2.45) is 5.92 Å². The van der Waals surface area contributed by atoms with Crippen molar-refractivity contribution in [3.05, 3.63) is 29.8 Å². The van der Waals surface area contributed by atoms with Gasteiger partial charge in [0.05, 0.1) is 19.3 Å². The fraction of sp³-hybridized carbons (Fsp3) is 0.533. The van der Waals surface area contributed by atoms with Crippen molar-refractivity contribution in [1.29, 1.82) is 0 Å². The average molecular weight is 276 g/mol. The van der Waals surface area contributed by atoms with Gasteiger partial charge in [0.2, 0.25) is 0 Å². The number of carbonyl (C=O) groups excluding carboxylic acids is 1. The highest BCUT2D eigenvalue weighted by atomic mass is 16.5. The molecule has 108 valence electrons. The molecule has 2 heterocycles. The molecule has 2 atom stereocenters. The number of amides is 2. The zero-order valence-electron chi connectivity index (χ0n) is 11.4. The molecule has 5 nitrogen and oxygen atoms in total. The molecule has 2 amide bonds. The number of rotatable bonds is 3. The minimum atomic E-state index is -0.112. The van der Waals surface area contributed by atoms with Gasteiger partial charge >= 0.3 is 6.03 Å². The molecular formula is C15H20N2O3. The molecule has 0 aliphatic carbocycles. The van der Waals surface area contributed by atoms with Crippen LogP contribution in [0.2, 0.25) is 0 Å². The van der Waals surface area contributed by atoms with E-state index < -0.39 is 0 Å². The number of carbonyl (C=O) groups is 1. The van der Waals surface area contributed by atoms with E-state index in [1.54, 1.807) is 0 Å². The number of benzene rings is 1. The molecular weight excluding hydrogens is 256 g/mol. The Bertz CT molecular complexity index is 472. The summed E-state index contributed by atoms with van der Waals surface area (Å²) in [5.41, 5.74) is 1.05. The SMILES string of the molecule is O=C(NC[C@@H]1CCOC1)N[C@H]1CCOc2ccccc21. The third-order valence-corrected chi connectivity index (χ3v) is 3.84. The molecule has 0 bridgehead atoms. The molecule has 2 aliphatic heterocycles. The summed E-state index contributed by atoms with van der Waals surface area (Å²) in [4.78, 5) is 12.0. The second-order valence-corrected chi connectivity index (χ2v) is 5.31. The van der Waals surface area contributed by atoms with Crippen LogP contribution in [0, 0.1) is 5.92 Å². The maximum atomic E-state index is 12.0. The standard InChI is InChI=1S/C15H20N2O3/c18-15(16-9-11-5-7-19-10-11)17-13-6-8-20-14-4-2-1-3-12(13)14/h1-4,11,13H,5-10H2,(H2,16,17,18)/t11-,13-/m0/s1. The van der Waals surface area contributed by atoms with Crippen molar-refractivity contribution in [2.75, 3.05) is 26.4 Å². The van der Waals surface area contributed by atoms with Crippen molar-refractivity contribution >= 4 is 6.03 Å². The van der Waals surface area contributed by atoms with Crippen LogP contribution in [0.4, 0.5) is 4.79 Å². The van der Waals surface area contributed by atoms with Crippen LogP contribution in [0.1, 0.15) is 24.4 Å². The summed E-state index contributed by atoms with van der Waals surface area (Å²) < 4.78 is 10.9. The van der Waals surface area contributed by atoms with Crippen LogP contribution < -0.4 is 15.4 Å². The molecule has 0 unspecified atom stereocenters. The lowest BCUT2D eigenvalue weighted by molar-refractivity contribution is 0.184. The number of ether oxygens (including phenoxy) is 2. The molecule has 5 heteroatoms. The fourth-order valence-electron chi connectivity index (χ4n) is 2.68. The number of urea groups is 1. The average Bonchev–Trinajstić information content (AvgIpc) is 2.99. The third kappa shape index (κ3) is 3.04. The van der Waals surface area contributed by atoms with E-state index in [9.17, 15) is 4.79 Å². The van der Waals surface area contributed by atoms with Gasteiger partial charge in [0, 0.05) is 31.1 Å². The van der Waals surface area contributed by atoms with Crippen LogP contribution in [-0.4, -0.2) is 32.4 Å². The van der Waals surface area contributed by atoms with Crippen LogP contribution in [0.15, 0.2) is 24.3 Å². The molecule has 3 rings (SSSR count). The summed E-state index contributed by atoms with van der Waals surface area (Å²) in [6.45, 7) is 2.87. The molecule has 0 spiro atoms. The predicted octanol–water partition coefficient (Wildman–Crippen LogP) is 1.85. The first-order valence-electron chi connectivity index (χ1n) is 7.17. The van der Waals surface area contributed by atoms with Crippen molar-refractivity contribution in [1.82, 2.24) is 10.6 Å². The van der Waals surface area contributed by atoms with Gasteiger partial charge in [-0.2, -0.15) is 0 Å². The highest BCUT2D eigenvalue weighted by Gasteiger charge is 2.23. The molecule has 0 aromatic heterocycles. The summed E-state index contributed by atoms with van der Waals surface area (Å²) >= 11 is 0. The van der Waals surface area contributed by atoms with E-state index in [1.807, 2.05) is 24.3 Å². The normalized spacial score (nSPS) is 24.6. The number of fused-ring (bicyclic) bond motifs is 1. The molecule has 1 aromatic carbocycles. The summed E-state index contributed by atoms with van der Waals surface area (Å²) in [5.74, 6) is 1.32. The van der Waals surface area contributed by atoms with Gasteiger partial charge < -0.3 is 20.1 Å².